The summed E-state index contributed by atoms with van der Waals surface area (Å²) in [6, 6.07) is 22.3. The lowest BCUT2D eigenvalue weighted by Crippen LogP contribution is -2.37. The molecular formula is C24H26N2O4S. The Morgan fingerprint density at radius 3 is 2.39 bits per heavy atom. The minimum absolute atomic E-state index is 0.0547. The van der Waals surface area contributed by atoms with E-state index in [1.807, 2.05) is 56.3 Å². The Morgan fingerprint density at radius 2 is 1.68 bits per heavy atom. The second-order valence-corrected chi connectivity index (χ2v) is 9.25. The zero-order chi connectivity index (χ0) is 22.4. The molecule has 0 radical (unpaired) electrons. The number of hydrogen-bond acceptors (Lipinski definition) is 4. The van der Waals surface area contributed by atoms with Crippen molar-refractivity contribution in [2.24, 2.45) is 0 Å². The fraction of sp³-hybridized carbons (Fsp3) is 0.208. The molecule has 0 aliphatic heterocycles. The minimum atomic E-state index is -3.82. The van der Waals surface area contributed by atoms with Gasteiger partial charge in [0.25, 0.3) is 15.9 Å². The summed E-state index contributed by atoms with van der Waals surface area (Å²) in [5, 5.41) is 2.84. The average molecular weight is 439 g/mol. The van der Waals surface area contributed by atoms with E-state index < -0.39 is 10.0 Å². The molecule has 1 N–H and O–H groups in total. The summed E-state index contributed by atoms with van der Waals surface area (Å²) in [5.74, 6) is 0.357. The van der Waals surface area contributed by atoms with Crippen LogP contribution in [0.5, 0.6) is 5.75 Å². The van der Waals surface area contributed by atoms with Crippen molar-refractivity contribution in [1.82, 2.24) is 5.32 Å². The van der Waals surface area contributed by atoms with Gasteiger partial charge in [-0.25, -0.2) is 8.42 Å². The largest absolute Gasteiger partial charge is 0.491 e. The van der Waals surface area contributed by atoms with E-state index in [2.05, 4.69) is 5.32 Å². The van der Waals surface area contributed by atoms with Gasteiger partial charge in [-0.1, -0.05) is 42.5 Å². The van der Waals surface area contributed by atoms with Gasteiger partial charge in [0.05, 0.1) is 16.6 Å². The molecule has 0 aliphatic rings. The van der Waals surface area contributed by atoms with Gasteiger partial charge >= 0.3 is 0 Å². The highest BCUT2D eigenvalue weighted by Gasteiger charge is 2.23. The smallest absolute Gasteiger partial charge is 0.264 e. The van der Waals surface area contributed by atoms with Gasteiger partial charge in [-0.15, -0.1) is 0 Å². The first-order chi connectivity index (χ1) is 14.8. The van der Waals surface area contributed by atoms with Gasteiger partial charge in [-0.05, 0) is 55.8 Å². The number of sulfonamides is 1. The van der Waals surface area contributed by atoms with Crippen molar-refractivity contribution in [2.45, 2.75) is 24.8 Å². The van der Waals surface area contributed by atoms with Gasteiger partial charge in [0.1, 0.15) is 12.4 Å². The molecule has 31 heavy (non-hydrogen) atoms. The number of benzene rings is 3. The summed E-state index contributed by atoms with van der Waals surface area (Å²) in [6.07, 6.45) is 0. The predicted octanol–water partition coefficient (Wildman–Crippen LogP) is 4.02. The standard InChI is InChI=1S/C24H26N2O4S/c1-18-10-7-8-15-23(18)26(3)31(28,29)22-14-9-11-20(16-22)24(27)25-19(2)17-30-21-12-5-4-6-13-21/h4-16,19H,17H2,1-3H3,(H,25,27)/t19-/m1/s1. The van der Waals surface area contributed by atoms with Crippen LogP contribution in [0.25, 0.3) is 0 Å². The molecule has 1 amide bonds. The Kier molecular flexibility index (Phi) is 6.97. The molecule has 162 valence electrons. The third-order valence-electron chi connectivity index (χ3n) is 4.83. The maximum Gasteiger partial charge on any atom is 0.264 e. The monoisotopic (exact) mass is 438 g/mol. The van der Waals surface area contributed by atoms with E-state index in [1.54, 1.807) is 24.3 Å². The summed E-state index contributed by atoms with van der Waals surface area (Å²) in [5.41, 5.74) is 1.70. The molecule has 0 fully saturated rings. The van der Waals surface area contributed by atoms with Crippen LogP contribution in [-0.4, -0.2) is 34.0 Å². The first kappa shape index (κ1) is 22.4. The molecule has 0 aliphatic carbocycles. The maximum atomic E-state index is 13.1. The van der Waals surface area contributed by atoms with Crippen LogP contribution in [0.1, 0.15) is 22.8 Å². The van der Waals surface area contributed by atoms with Crippen LogP contribution in [-0.2, 0) is 10.0 Å². The predicted molar refractivity (Wildman–Crippen MR) is 122 cm³/mol. The van der Waals surface area contributed by atoms with Crippen LogP contribution in [0.3, 0.4) is 0 Å². The van der Waals surface area contributed by atoms with E-state index in [4.69, 9.17) is 4.74 Å². The topological polar surface area (TPSA) is 75.7 Å². The first-order valence-electron chi connectivity index (χ1n) is 9.92. The number of carbonyl (C=O) groups excluding carboxylic acids is 1. The summed E-state index contributed by atoms with van der Waals surface area (Å²) in [4.78, 5) is 12.7. The van der Waals surface area contributed by atoms with Crippen molar-refractivity contribution in [2.75, 3.05) is 18.0 Å². The Balaban J connectivity index is 1.71. The molecule has 3 rings (SSSR count). The van der Waals surface area contributed by atoms with Crippen molar-refractivity contribution >= 4 is 21.6 Å². The third-order valence-corrected chi connectivity index (χ3v) is 6.60. The van der Waals surface area contributed by atoms with E-state index in [-0.39, 0.29) is 22.4 Å². The number of nitrogens with zero attached hydrogens (tertiary/aromatic N) is 1. The Bertz CT molecular complexity index is 1150. The van der Waals surface area contributed by atoms with Crippen molar-refractivity contribution in [1.29, 1.82) is 0 Å². The summed E-state index contributed by atoms with van der Waals surface area (Å²) in [7, 11) is -2.31. The van der Waals surface area contributed by atoms with Gasteiger partial charge in [0, 0.05) is 12.6 Å². The van der Waals surface area contributed by atoms with E-state index in [0.29, 0.717) is 12.3 Å². The minimum Gasteiger partial charge on any atom is -0.491 e. The maximum absolute atomic E-state index is 13.1. The molecule has 0 aromatic heterocycles. The molecule has 7 heteroatoms. The van der Waals surface area contributed by atoms with Crippen LogP contribution >= 0.6 is 0 Å². The number of hydrogen-bond donors (Lipinski definition) is 1. The lowest BCUT2D eigenvalue weighted by atomic mass is 10.2. The van der Waals surface area contributed by atoms with Crippen LogP contribution in [0.4, 0.5) is 5.69 Å². The molecule has 0 heterocycles. The molecule has 1 atom stereocenters. The highest BCUT2D eigenvalue weighted by atomic mass is 32.2. The SMILES string of the molecule is Cc1ccccc1N(C)S(=O)(=O)c1cccc(C(=O)N[C@H](C)COc2ccccc2)c1. The number of carbonyl (C=O) groups is 1. The number of ether oxygens (including phenoxy) is 1. The number of para-hydroxylation sites is 2. The van der Waals surface area contributed by atoms with Crippen molar-refractivity contribution < 1.29 is 17.9 Å². The van der Waals surface area contributed by atoms with E-state index in [9.17, 15) is 13.2 Å². The second-order valence-electron chi connectivity index (χ2n) is 7.29. The van der Waals surface area contributed by atoms with Gasteiger partial charge < -0.3 is 10.1 Å². The number of rotatable bonds is 8. The molecule has 0 saturated heterocycles. The normalized spacial score (nSPS) is 12.1. The van der Waals surface area contributed by atoms with Crippen molar-refractivity contribution in [3.05, 3.63) is 90.0 Å². The lowest BCUT2D eigenvalue weighted by Gasteiger charge is -2.21. The van der Waals surface area contributed by atoms with Crippen LogP contribution < -0.4 is 14.4 Å². The molecule has 0 spiro atoms. The molecule has 3 aromatic rings. The first-order valence-corrected chi connectivity index (χ1v) is 11.4. The third kappa shape index (κ3) is 5.44. The summed E-state index contributed by atoms with van der Waals surface area (Å²) >= 11 is 0. The van der Waals surface area contributed by atoms with Crippen molar-refractivity contribution in [3.63, 3.8) is 0 Å². The molecular weight excluding hydrogens is 412 g/mol. The Hall–Kier alpha value is -3.32. The number of anilines is 1. The van der Waals surface area contributed by atoms with Crippen molar-refractivity contribution in [3.8, 4) is 5.75 Å². The number of nitrogens with one attached hydrogen (secondary N) is 1. The van der Waals surface area contributed by atoms with Gasteiger partial charge in [-0.3, -0.25) is 9.10 Å². The zero-order valence-corrected chi connectivity index (χ0v) is 18.6. The Morgan fingerprint density at radius 1 is 1.00 bits per heavy atom. The van der Waals surface area contributed by atoms with E-state index >= 15 is 0 Å². The van der Waals surface area contributed by atoms with E-state index in [0.717, 1.165) is 11.3 Å². The van der Waals surface area contributed by atoms with Crippen LogP contribution in [0.2, 0.25) is 0 Å². The quantitative estimate of drug-likeness (QED) is 0.576. The fourth-order valence-electron chi connectivity index (χ4n) is 3.09. The average Bonchev–Trinajstić information content (AvgIpc) is 2.78. The lowest BCUT2D eigenvalue weighted by molar-refractivity contribution is 0.0926. The van der Waals surface area contributed by atoms with Crippen LogP contribution in [0, 0.1) is 6.92 Å². The van der Waals surface area contributed by atoms with Gasteiger partial charge in [0.15, 0.2) is 0 Å². The van der Waals surface area contributed by atoms with Crippen LogP contribution in [0.15, 0.2) is 83.8 Å². The molecule has 3 aromatic carbocycles. The summed E-state index contributed by atoms with van der Waals surface area (Å²) < 4.78 is 33.1. The summed E-state index contributed by atoms with van der Waals surface area (Å²) in [6.45, 7) is 3.97. The highest BCUT2D eigenvalue weighted by Crippen LogP contribution is 2.25. The van der Waals surface area contributed by atoms with Gasteiger partial charge in [-0.2, -0.15) is 0 Å². The molecule has 0 unspecified atom stereocenters. The van der Waals surface area contributed by atoms with E-state index in [1.165, 1.54) is 23.5 Å². The molecule has 6 nitrogen and oxygen atoms in total. The Labute approximate surface area is 183 Å². The number of amides is 1. The number of aryl methyl sites for hydroxylation is 1. The fourth-order valence-corrected chi connectivity index (χ4v) is 4.40. The second kappa shape index (κ2) is 9.66. The zero-order valence-electron chi connectivity index (χ0n) is 17.8. The molecule has 0 bridgehead atoms. The highest BCUT2D eigenvalue weighted by molar-refractivity contribution is 7.92. The molecule has 0 saturated carbocycles. The van der Waals surface area contributed by atoms with Gasteiger partial charge in [0.2, 0.25) is 0 Å².